The topological polar surface area (TPSA) is 329 Å². The number of aliphatic hydroxyl groups excluding tert-OH is 9. The van der Waals surface area contributed by atoms with Crippen molar-refractivity contribution in [2.75, 3.05) is 19.7 Å². The molecule has 3 saturated heterocycles. The molecular formula is C49H77N3O16. The van der Waals surface area contributed by atoms with E-state index in [-0.39, 0.29) is 57.2 Å². The number of likely N-dealkylation sites (tertiary alicyclic amines) is 1. The van der Waals surface area contributed by atoms with E-state index in [0.29, 0.717) is 13.0 Å². The van der Waals surface area contributed by atoms with E-state index in [1.54, 1.807) is 55.5 Å². The molecule has 0 aromatic rings. The van der Waals surface area contributed by atoms with Gasteiger partial charge in [0.2, 0.25) is 5.91 Å². The van der Waals surface area contributed by atoms with Crippen LogP contribution < -0.4 is 11.5 Å². The monoisotopic (exact) mass is 964 g/mol. The second-order valence-corrected chi connectivity index (χ2v) is 18.7. The average molecular weight is 964 g/mol. The molecule has 0 radical (unpaired) electrons. The molecule has 8 unspecified atom stereocenters. The number of esters is 1. The van der Waals surface area contributed by atoms with Gasteiger partial charge in [0, 0.05) is 57.2 Å². The molecule has 384 valence electrons. The minimum absolute atomic E-state index is 0.0885. The van der Waals surface area contributed by atoms with Crippen molar-refractivity contribution in [2.45, 2.75) is 175 Å². The summed E-state index contributed by atoms with van der Waals surface area (Å²) in [6.45, 7) is 3.78. The van der Waals surface area contributed by atoms with Gasteiger partial charge in [-0.1, -0.05) is 92.0 Å². The standard InChI is InChI=1S/C49H77N3O16/c1-30-15-13-11-9-7-5-3-4-6-8-10-12-14-16-36(67-48-46(62)45(51)41(60)29-65-48)25-42-44(47(63)52-20-19-32(50)28-52)40(59)27-49(64,68-42)26-35(55)23-39(58)37(56)18-17-33(53)22-34(54)24-43(61)66-31(2)21-38(30)57/h3-16,30-42,44-46,48,53-60,62,64H,17-29,50-51H2,1-2H3/b4-3+,7-5+,8-6+,11-9+,12-10+,15-13+,16-14+/t30-,31-,32+,33?,34?,35?,36?,37?,38-,39?,40-,41+,42-,44?,45-,46-,48-,49?/m0/s1. The van der Waals surface area contributed by atoms with Gasteiger partial charge >= 0.3 is 5.97 Å². The van der Waals surface area contributed by atoms with Crippen molar-refractivity contribution in [3.63, 3.8) is 0 Å². The van der Waals surface area contributed by atoms with Gasteiger partial charge in [-0.2, -0.15) is 0 Å². The number of amides is 1. The van der Waals surface area contributed by atoms with Crippen molar-refractivity contribution in [1.29, 1.82) is 0 Å². The van der Waals surface area contributed by atoms with E-state index in [9.17, 15) is 60.7 Å². The van der Waals surface area contributed by atoms with Gasteiger partial charge in [0.05, 0.1) is 86.0 Å². The Morgan fingerprint density at radius 1 is 0.691 bits per heavy atom. The molecule has 0 aromatic carbocycles. The first-order valence-corrected chi connectivity index (χ1v) is 23.7. The number of fused-ring (bicyclic) bond motifs is 2. The van der Waals surface area contributed by atoms with E-state index in [0.717, 1.165) is 0 Å². The SMILES string of the molecule is C[C@H]1C[C@H](O)[C@@H](C)/C=C/C=C/C=C/C=C/C=C/C=C/C=C/C(O[C@@H]2OC[C@@H](O)[C@H](N)[C@@H]2O)C[C@@H]2OC(O)(CC(O)CC(O)C(O)CCC(O)CC(O)CC(=O)O1)C[C@H](O)C2C(=O)N1CC[C@@H](N)C1. The fourth-order valence-corrected chi connectivity index (χ4v) is 8.69. The van der Waals surface area contributed by atoms with Crippen LogP contribution in [0.5, 0.6) is 0 Å². The molecule has 0 aliphatic carbocycles. The van der Waals surface area contributed by atoms with Crippen LogP contribution in [0.25, 0.3) is 0 Å². The maximum atomic E-state index is 14.1. The zero-order valence-corrected chi connectivity index (χ0v) is 39.1. The lowest BCUT2D eigenvalue weighted by atomic mass is 9.81. The third kappa shape index (κ3) is 19.0. The average Bonchev–Trinajstić information content (AvgIpc) is 3.70. The maximum Gasteiger partial charge on any atom is 0.308 e. The summed E-state index contributed by atoms with van der Waals surface area (Å²) in [5.74, 6) is -4.94. The van der Waals surface area contributed by atoms with E-state index in [2.05, 4.69) is 0 Å². The molecular weight excluding hydrogens is 887 g/mol. The van der Waals surface area contributed by atoms with Crippen LogP contribution >= 0.6 is 0 Å². The molecule has 4 aliphatic rings. The molecule has 14 N–H and O–H groups in total. The molecule has 19 heteroatoms. The van der Waals surface area contributed by atoms with E-state index in [1.807, 2.05) is 43.4 Å². The number of carbonyl (C=O) groups excluding carboxylic acids is 2. The van der Waals surface area contributed by atoms with Gasteiger partial charge in [0.25, 0.3) is 0 Å². The number of rotatable bonds is 3. The van der Waals surface area contributed by atoms with E-state index in [1.165, 1.54) is 4.90 Å². The first-order valence-electron chi connectivity index (χ1n) is 23.7. The lowest BCUT2D eigenvalue weighted by Crippen LogP contribution is -2.59. The fraction of sp³-hybridized carbons (Fsp3) is 0.673. The van der Waals surface area contributed by atoms with Crippen LogP contribution in [0.15, 0.2) is 85.1 Å². The summed E-state index contributed by atoms with van der Waals surface area (Å²) in [5, 5.41) is 109. The van der Waals surface area contributed by atoms with Gasteiger partial charge in [0.1, 0.15) is 12.2 Å². The number of hydrogen-bond donors (Lipinski definition) is 12. The Balaban J connectivity index is 1.58. The van der Waals surface area contributed by atoms with Crippen LogP contribution in [0, 0.1) is 11.8 Å². The molecule has 4 rings (SSSR count). The van der Waals surface area contributed by atoms with Gasteiger partial charge in [-0.15, -0.1) is 0 Å². The zero-order chi connectivity index (χ0) is 50.0. The number of aliphatic hydroxyl groups is 10. The molecule has 18 atom stereocenters. The molecule has 0 aromatic heterocycles. The van der Waals surface area contributed by atoms with Gasteiger partial charge in [0.15, 0.2) is 12.1 Å². The zero-order valence-electron chi connectivity index (χ0n) is 39.1. The van der Waals surface area contributed by atoms with Crippen molar-refractivity contribution < 1.29 is 79.6 Å². The first-order chi connectivity index (χ1) is 32.2. The van der Waals surface area contributed by atoms with Crippen molar-refractivity contribution in [2.24, 2.45) is 23.3 Å². The predicted molar refractivity (Wildman–Crippen MR) is 249 cm³/mol. The molecule has 19 nitrogen and oxygen atoms in total. The highest BCUT2D eigenvalue weighted by Crippen LogP contribution is 2.39. The van der Waals surface area contributed by atoms with E-state index < -0.39 is 135 Å². The minimum atomic E-state index is -2.26. The van der Waals surface area contributed by atoms with Crippen LogP contribution in [-0.2, 0) is 28.5 Å². The quantitative estimate of drug-likeness (QED) is 0.159. The molecule has 3 fully saturated rings. The highest BCUT2D eigenvalue weighted by Gasteiger charge is 2.52. The smallest absolute Gasteiger partial charge is 0.308 e. The Hall–Kier alpha value is -3.48. The predicted octanol–water partition coefficient (Wildman–Crippen LogP) is -0.448. The number of carbonyl (C=O) groups is 2. The summed E-state index contributed by atoms with van der Waals surface area (Å²) >= 11 is 0. The Morgan fingerprint density at radius 2 is 1.31 bits per heavy atom. The Labute approximate surface area is 399 Å². The normalized spacial score (nSPS) is 44.1. The summed E-state index contributed by atoms with van der Waals surface area (Å²) in [6, 6.07) is -1.38. The first kappa shape index (κ1) is 57.1. The van der Waals surface area contributed by atoms with Crippen LogP contribution in [0.2, 0.25) is 0 Å². The molecule has 2 bridgehead atoms. The Bertz CT molecular complexity index is 1760. The van der Waals surface area contributed by atoms with Crippen LogP contribution in [0.4, 0.5) is 0 Å². The maximum absolute atomic E-state index is 14.1. The summed E-state index contributed by atoms with van der Waals surface area (Å²) in [5.41, 5.74) is 12.1. The number of hydrogen-bond acceptors (Lipinski definition) is 18. The molecule has 0 saturated carbocycles. The van der Waals surface area contributed by atoms with Crippen molar-refractivity contribution in [3.05, 3.63) is 85.1 Å². The van der Waals surface area contributed by atoms with Crippen LogP contribution in [0.3, 0.4) is 0 Å². The summed E-state index contributed by atoms with van der Waals surface area (Å²) in [4.78, 5) is 28.1. The molecule has 68 heavy (non-hydrogen) atoms. The third-order valence-electron chi connectivity index (χ3n) is 12.6. The van der Waals surface area contributed by atoms with E-state index in [4.69, 9.17) is 30.4 Å². The minimum Gasteiger partial charge on any atom is -0.462 e. The second kappa shape index (κ2) is 28.4. The number of cyclic esters (lactones) is 1. The van der Waals surface area contributed by atoms with Crippen LogP contribution in [-0.4, -0.2) is 185 Å². The largest absolute Gasteiger partial charge is 0.462 e. The van der Waals surface area contributed by atoms with Gasteiger partial charge in [-0.05, 0) is 32.6 Å². The Morgan fingerprint density at radius 3 is 1.93 bits per heavy atom. The van der Waals surface area contributed by atoms with Crippen LogP contribution in [0.1, 0.15) is 78.1 Å². The molecule has 4 aliphatic heterocycles. The summed E-state index contributed by atoms with van der Waals surface area (Å²) < 4.78 is 23.4. The highest BCUT2D eigenvalue weighted by atomic mass is 16.7. The number of nitrogens with zero attached hydrogens (tertiary/aromatic N) is 1. The van der Waals surface area contributed by atoms with Crippen molar-refractivity contribution in [3.8, 4) is 0 Å². The molecule has 0 spiro atoms. The number of ether oxygens (including phenoxy) is 4. The summed E-state index contributed by atoms with van der Waals surface area (Å²) in [7, 11) is 0. The second-order valence-electron chi connectivity index (χ2n) is 18.7. The lowest BCUT2D eigenvalue weighted by molar-refractivity contribution is -0.305. The van der Waals surface area contributed by atoms with Crippen molar-refractivity contribution >= 4 is 11.9 Å². The van der Waals surface area contributed by atoms with Gasteiger partial charge in [-0.3, -0.25) is 9.59 Å². The summed E-state index contributed by atoms with van der Waals surface area (Å²) in [6.07, 6.45) is 6.63. The molecule has 1 amide bonds. The van der Waals surface area contributed by atoms with E-state index >= 15 is 0 Å². The molecule has 4 heterocycles. The lowest BCUT2D eigenvalue weighted by Gasteiger charge is -2.46. The van der Waals surface area contributed by atoms with Gasteiger partial charge < -0.3 is 86.4 Å². The third-order valence-corrected chi connectivity index (χ3v) is 12.6. The number of nitrogens with two attached hydrogens (primary N) is 2. The van der Waals surface area contributed by atoms with Crippen molar-refractivity contribution in [1.82, 2.24) is 4.90 Å². The highest BCUT2D eigenvalue weighted by molar-refractivity contribution is 5.80. The number of allylic oxidation sites excluding steroid dienone is 12. The van der Waals surface area contributed by atoms with Gasteiger partial charge in [-0.25, -0.2) is 0 Å². The fourth-order valence-electron chi connectivity index (χ4n) is 8.69. The Kier molecular flexibility index (Phi) is 23.8.